The molecule has 2 aromatic carbocycles. The highest BCUT2D eigenvalue weighted by Gasteiger charge is 2.23. The Kier molecular flexibility index (Phi) is 6.36. The molecule has 1 unspecified atom stereocenters. The van der Waals surface area contributed by atoms with Gasteiger partial charge in [0.25, 0.3) is 5.91 Å². The van der Waals surface area contributed by atoms with E-state index in [4.69, 9.17) is 16.3 Å². The third-order valence-electron chi connectivity index (χ3n) is 3.59. The highest BCUT2D eigenvalue weighted by atomic mass is 35.5. The molecule has 25 heavy (non-hydrogen) atoms. The van der Waals surface area contributed by atoms with Gasteiger partial charge in [-0.3, -0.25) is 9.59 Å². The third kappa shape index (κ3) is 4.70. The van der Waals surface area contributed by atoms with E-state index in [0.717, 1.165) is 6.07 Å². The molecule has 132 valence electrons. The molecule has 0 aliphatic heterocycles. The van der Waals surface area contributed by atoms with Crippen molar-refractivity contribution < 1.29 is 23.5 Å². The van der Waals surface area contributed by atoms with E-state index in [1.165, 1.54) is 26.4 Å². The summed E-state index contributed by atoms with van der Waals surface area (Å²) < 4.78 is 23.3. The second-order valence-corrected chi connectivity index (χ2v) is 5.58. The number of nitrogens with one attached hydrogen (secondary N) is 1. The van der Waals surface area contributed by atoms with Crippen LogP contribution in [0.5, 0.6) is 5.75 Å². The first-order chi connectivity index (χ1) is 12.0. The molecule has 1 atom stereocenters. The van der Waals surface area contributed by atoms with Crippen molar-refractivity contribution in [3.8, 4) is 5.75 Å². The van der Waals surface area contributed by atoms with E-state index in [0.29, 0.717) is 10.6 Å². The van der Waals surface area contributed by atoms with Gasteiger partial charge in [-0.1, -0.05) is 29.8 Å². The Morgan fingerprint density at radius 2 is 1.92 bits per heavy atom. The molecule has 0 aromatic heterocycles. The number of carbonyl (C=O) groups excluding carboxylic acids is 2. The van der Waals surface area contributed by atoms with E-state index in [1.807, 2.05) is 0 Å². The first-order valence-electron chi connectivity index (χ1n) is 7.42. The summed E-state index contributed by atoms with van der Waals surface area (Å²) in [5.41, 5.74) is 0.572. The Morgan fingerprint density at radius 3 is 2.56 bits per heavy atom. The van der Waals surface area contributed by atoms with Crippen LogP contribution >= 0.6 is 11.6 Å². The van der Waals surface area contributed by atoms with Gasteiger partial charge < -0.3 is 14.8 Å². The molecular formula is C18H17ClFNO4. The van der Waals surface area contributed by atoms with E-state index < -0.39 is 23.7 Å². The Morgan fingerprint density at radius 1 is 1.20 bits per heavy atom. The van der Waals surface area contributed by atoms with E-state index in [9.17, 15) is 14.0 Å². The van der Waals surface area contributed by atoms with Crippen molar-refractivity contribution in [3.63, 3.8) is 0 Å². The number of halogens is 2. The summed E-state index contributed by atoms with van der Waals surface area (Å²) in [5.74, 6) is -1.47. The maximum Gasteiger partial charge on any atom is 0.307 e. The predicted molar refractivity (Wildman–Crippen MR) is 91.2 cm³/mol. The van der Waals surface area contributed by atoms with Crippen molar-refractivity contribution in [2.24, 2.45) is 0 Å². The van der Waals surface area contributed by atoms with Crippen molar-refractivity contribution in [2.45, 2.75) is 12.5 Å². The standard InChI is InChI=1S/C18H17ClFNO4/c1-24-16-8-7-11(20)9-13(16)18(23)21-15(10-17(22)25-2)12-5-3-4-6-14(12)19/h3-9,15H,10H2,1-2H3,(H,21,23). The fourth-order valence-electron chi connectivity index (χ4n) is 2.34. The first-order valence-corrected chi connectivity index (χ1v) is 7.79. The number of hydrogen-bond donors (Lipinski definition) is 1. The predicted octanol–water partition coefficient (Wildman–Crippen LogP) is 3.52. The molecule has 2 aromatic rings. The molecule has 0 bridgehead atoms. The number of benzene rings is 2. The number of esters is 1. The molecular weight excluding hydrogens is 349 g/mol. The van der Waals surface area contributed by atoms with Crippen LogP contribution in [0.4, 0.5) is 4.39 Å². The summed E-state index contributed by atoms with van der Waals surface area (Å²) in [6.45, 7) is 0. The molecule has 0 saturated carbocycles. The minimum atomic E-state index is -0.735. The molecule has 0 spiro atoms. The molecule has 1 amide bonds. The zero-order valence-electron chi connectivity index (χ0n) is 13.7. The van der Waals surface area contributed by atoms with Crippen LogP contribution in [0.2, 0.25) is 5.02 Å². The van der Waals surface area contributed by atoms with E-state index in [2.05, 4.69) is 10.1 Å². The molecule has 0 fully saturated rings. The first kappa shape index (κ1) is 18.7. The van der Waals surface area contributed by atoms with Gasteiger partial charge in [0.15, 0.2) is 0 Å². The Labute approximate surface area is 149 Å². The Balaban J connectivity index is 2.33. The second-order valence-electron chi connectivity index (χ2n) is 5.17. The number of ether oxygens (including phenoxy) is 2. The van der Waals surface area contributed by atoms with Crippen LogP contribution in [0.25, 0.3) is 0 Å². The maximum atomic E-state index is 13.5. The molecule has 1 N–H and O–H groups in total. The topological polar surface area (TPSA) is 64.6 Å². The Hall–Kier alpha value is -2.60. The van der Waals surface area contributed by atoms with Crippen LogP contribution in [0.15, 0.2) is 42.5 Å². The number of hydrogen-bond acceptors (Lipinski definition) is 4. The smallest absolute Gasteiger partial charge is 0.307 e. The third-order valence-corrected chi connectivity index (χ3v) is 3.93. The molecule has 0 aliphatic carbocycles. The summed E-state index contributed by atoms with van der Waals surface area (Å²) >= 11 is 6.17. The largest absolute Gasteiger partial charge is 0.496 e. The van der Waals surface area contributed by atoms with Crippen molar-refractivity contribution in [1.29, 1.82) is 0 Å². The normalized spacial score (nSPS) is 11.5. The summed E-state index contributed by atoms with van der Waals surface area (Å²) in [6.07, 6.45) is -0.121. The van der Waals surface area contributed by atoms with Crippen molar-refractivity contribution >= 4 is 23.5 Å². The molecule has 0 saturated heterocycles. The van der Waals surface area contributed by atoms with Crippen LogP contribution in [-0.4, -0.2) is 26.1 Å². The van der Waals surface area contributed by atoms with Gasteiger partial charge in [0.2, 0.25) is 0 Å². The zero-order valence-corrected chi connectivity index (χ0v) is 14.5. The number of carbonyl (C=O) groups is 2. The molecule has 5 nitrogen and oxygen atoms in total. The van der Waals surface area contributed by atoms with Gasteiger partial charge in [-0.25, -0.2) is 4.39 Å². The fraction of sp³-hybridized carbons (Fsp3) is 0.222. The van der Waals surface area contributed by atoms with Crippen molar-refractivity contribution in [1.82, 2.24) is 5.32 Å². The van der Waals surface area contributed by atoms with E-state index in [-0.39, 0.29) is 17.7 Å². The van der Waals surface area contributed by atoms with Gasteiger partial charge in [0, 0.05) is 5.02 Å². The van der Waals surface area contributed by atoms with Gasteiger partial charge in [-0.15, -0.1) is 0 Å². The minimum absolute atomic E-state index is 0.0180. The maximum absolute atomic E-state index is 13.5. The second kappa shape index (κ2) is 8.48. The average molecular weight is 366 g/mol. The van der Waals surface area contributed by atoms with Crippen molar-refractivity contribution in [3.05, 3.63) is 64.4 Å². The number of methoxy groups -OCH3 is 2. The van der Waals surface area contributed by atoms with Gasteiger partial charge in [-0.2, -0.15) is 0 Å². The fourth-order valence-corrected chi connectivity index (χ4v) is 2.61. The lowest BCUT2D eigenvalue weighted by Crippen LogP contribution is -2.31. The number of amides is 1. The molecule has 2 rings (SSSR count). The van der Waals surface area contributed by atoms with E-state index in [1.54, 1.807) is 24.3 Å². The molecule has 0 heterocycles. The molecule has 0 radical (unpaired) electrons. The highest BCUT2D eigenvalue weighted by molar-refractivity contribution is 6.31. The van der Waals surface area contributed by atoms with Gasteiger partial charge in [-0.05, 0) is 29.8 Å². The van der Waals surface area contributed by atoms with Gasteiger partial charge >= 0.3 is 5.97 Å². The summed E-state index contributed by atoms with van der Waals surface area (Å²) in [5, 5.41) is 3.08. The molecule has 7 heteroatoms. The van der Waals surface area contributed by atoms with Crippen LogP contribution in [0.1, 0.15) is 28.4 Å². The Bertz CT molecular complexity index is 781. The lowest BCUT2D eigenvalue weighted by molar-refractivity contribution is -0.141. The lowest BCUT2D eigenvalue weighted by atomic mass is 10.0. The monoisotopic (exact) mass is 365 g/mol. The lowest BCUT2D eigenvalue weighted by Gasteiger charge is -2.20. The van der Waals surface area contributed by atoms with Crippen LogP contribution < -0.4 is 10.1 Å². The SMILES string of the molecule is COC(=O)CC(NC(=O)c1cc(F)ccc1OC)c1ccccc1Cl. The average Bonchev–Trinajstić information content (AvgIpc) is 2.61. The van der Waals surface area contributed by atoms with E-state index >= 15 is 0 Å². The molecule has 0 aliphatic rings. The van der Waals surface area contributed by atoms with Crippen LogP contribution in [0.3, 0.4) is 0 Å². The van der Waals surface area contributed by atoms with Gasteiger partial charge in [0.05, 0.1) is 32.2 Å². The minimum Gasteiger partial charge on any atom is -0.496 e. The van der Waals surface area contributed by atoms with Gasteiger partial charge in [0.1, 0.15) is 11.6 Å². The summed E-state index contributed by atoms with van der Waals surface area (Å²) in [7, 11) is 2.63. The highest BCUT2D eigenvalue weighted by Crippen LogP contribution is 2.27. The number of rotatable bonds is 6. The summed E-state index contributed by atoms with van der Waals surface area (Å²) in [4.78, 5) is 24.3. The summed E-state index contributed by atoms with van der Waals surface area (Å²) in [6, 6.07) is 9.69. The van der Waals surface area contributed by atoms with Crippen LogP contribution in [0, 0.1) is 5.82 Å². The van der Waals surface area contributed by atoms with Crippen LogP contribution in [-0.2, 0) is 9.53 Å². The zero-order chi connectivity index (χ0) is 18.4. The van der Waals surface area contributed by atoms with Crippen molar-refractivity contribution in [2.75, 3.05) is 14.2 Å². The quantitative estimate of drug-likeness (QED) is 0.795.